The van der Waals surface area contributed by atoms with E-state index in [9.17, 15) is 29.4 Å². The van der Waals surface area contributed by atoms with Crippen LogP contribution in [0.4, 0.5) is 0 Å². The van der Waals surface area contributed by atoms with Crippen LogP contribution in [0.5, 0.6) is 0 Å². The van der Waals surface area contributed by atoms with E-state index in [0.717, 1.165) is 0 Å². The van der Waals surface area contributed by atoms with Gasteiger partial charge in [-0.1, -0.05) is 0 Å². The Morgan fingerprint density at radius 1 is 0.826 bits per heavy atom. The van der Waals surface area contributed by atoms with Crippen LogP contribution in [0.3, 0.4) is 0 Å². The van der Waals surface area contributed by atoms with Gasteiger partial charge >= 0.3 is 35.0 Å². The topological polar surface area (TPSA) is 333 Å². The van der Waals surface area contributed by atoms with Gasteiger partial charge in [0.1, 0.15) is 6.04 Å². The standard InChI is InChI=1S/2C4H7NO4.Mg.4H2O/c2*5-2(4(8)9)1-3(6)7;;;;;/h2*2H,1,5H2,(H,6,7)(H,8,9);;4*1H2/q;;+2;;;;/p-2. The Kier molecular flexibility index (Phi) is 42.4. The van der Waals surface area contributed by atoms with E-state index in [2.05, 4.69) is 0 Å². The molecule has 14 N–H and O–H groups in total. The molecule has 0 radical (unpaired) electrons. The summed E-state index contributed by atoms with van der Waals surface area (Å²) in [6, 6.07) is -2.75. The van der Waals surface area contributed by atoms with Crippen molar-refractivity contribution in [3.8, 4) is 0 Å². The summed E-state index contributed by atoms with van der Waals surface area (Å²) in [5.74, 6) is -5.58. The largest absolute Gasteiger partial charge is 2.00 e. The molecule has 0 fully saturated rings. The molecule has 0 aliphatic heterocycles. The summed E-state index contributed by atoms with van der Waals surface area (Å²) in [4.78, 5) is 39.0. The van der Waals surface area contributed by atoms with Gasteiger partial charge in [0.25, 0.3) is 0 Å². The number of carbonyl (C=O) groups excluding carboxylic acids is 2. The Hall–Kier alpha value is -1.59. The number of nitrogens with two attached hydrogens (primary N) is 2. The van der Waals surface area contributed by atoms with Gasteiger partial charge in [-0.25, -0.2) is 0 Å². The third-order valence-electron chi connectivity index (χ3n) is 1.40. The third-order valence-corrected chi connectivity index (χ3v) is 1.40. The average Bonchev–Trinajstić information content (AvgIpc) is 2.16. The fourth-order valence-electron chi connectivity index (χ4n) is 0.538. The van der Waals surface area contributed by atoms with Crippen LogP contribution in [0.25, 0.3) is 0 Å². The summed E-state index contributed by atoms with van der Waals surface area (Å²) >= 11 is 0. The van der Waals surface area contributed by atoms with Gasteiger partial charge in [0.05, 0.1) is 12.4 Å². The quantitative estimate of drug-likeness (QED) is 0.323. The zero-order valence-electron chi connectivity index (χ0n) is 11.8. The van der Waals surface area contributed by atoms with Gasteiger partial charge < -0.3 is 63.4 Å². The maximum Gasteiger partial charge on any atom is 2.00 e. The van der Waals surface area contributed by atoms with Crippen molar-refractivity contribution in [1.29, 1.82) is 0 Å². The second-order valence-electron chi connectivity index (χ2n) is 3.04. The van der Waals surface area contributed by atoms with Crippen molar-refractivity contribution in [3.05, 3.63) is 0 Å². The van der Waals surface area contributed by atoms with E-state index in [1.54, 1.807) is 0 Å². The van der Waals surface area contributed by atoms with Crippen molar-refractivity contribution >= 4 is 46.9 Å². The van der Waals surface area contributed by atoms with Crippen LogP contribution in [0.15, 0.2) is 0 Å². The molecular formula is C8H20MgN2O12. The molecule has 0 aromatic rings. The monoisotopic (exact) mass is 360 g/mol. The molecule has 0 amide bonds. The normalized spacial score (nSPS) is 9.83. The molecule has 0 heterocycles. The molecule has 2 atom stereocenters. The minimum atomic E-state index is -1.58. The van der Waals surface area contributed by atoms with Gasteiger partial charge in [0.15, 0.2) is 0 Å². The third kappa shape index (κ3) is 33.3. The number of aliphatic carboxylic acids is 4. The minimum Gasteiger partial charge on any atom is -0.550 e. The summed E-state index contributed by atoms with van der Waals surface area (Å²) < 4.78 is 0. The summed E-state index contributed by atoms with van der Waals surface area (Å²) in [6.45, 7) is 0. The minimum absolute atomic E-state index is 0. The predicted molar refractivity (Wildman–Crippen MR) is 70.7 cm³/mol. The zero-order chi connectivity index (χ0) is 14.9. The van der Waals surface area contributed by atoms with Crippen molar-refractivity contribution in [3.63, 3.8) is 0 Å². The Morgan fingerprint density at radius 3 is 1.26 bits per heavy atom. The predicted octanol–water partition coefficient (Wildman–Crippen LogP) is -8.60. The number of hydrogen-bond acceptors (Lipinski definition) is 8. The van der Waals surface area contributed by atoms with Gasteiger partial charge in [0, 0.05) is 18.4 Å². The smallest absolute Gasteiger partial charge is 0.550 e. The number of carboxylic acids is 4. The second-order valence-corrected chi connectivity index (χ2v) is 3.04. The van der Waals surface area contributed by atoms with Gasteiger partial charge in [-0.3, -0.25) is 9.59 Å². The molecule has 0 bridgehead atoms. The first-order valence-corrected chi connectivity index (χ1v) is 4.44. The molecule has 2 unspecified atom stereocenters. The fraction of sp³-hybridized carbons (Fsp3) is 0.500. The number of carbonyl (C=O) groups is 4. The zero-order valence-corrected chi connectivity index (χ0v) is 13.2. The van der Waals surface area contributed by atoms with E-state index in [1.807, 2.05) is 0 Å². The average molecular weight is 361 g/mol. The van der Waals surface area contributed by atoms with Crippen LogP contribution < -0.4 is 21.7 Å². The molecule has 0 aliphatic carbocycles. The SMILES string of the molecule is NC(CC(=O)O)C(=O)O.NC(CC(=O)[O-])C(=O)[O-].O.O.O.O.[Mg+2]. The van der Waals surface area contributed by atoms with Crippen molar-refractivity contribution in [2.24, 2.45) is 11.5 Å². The maximum atomic E-state index is 9.85. The summed E-state index contributed by atoms with van der Waals surface area (Å²) in [7, 11) is 0. The molecule has 0 aliphatic rings. The number of hydrogen-bond donors (Lipinski definition) is 4. The second kappa shape index (κ2) is 22.7. The van der Waals surface area contributed by atoms with Gasteiger partial charge in [-0.15, -0.1) is 0 Å². The Balaban J connectivity index is -0.0000000366. The van der Waals surface area contributed by atoms with Crippen LogP contribution >= 0.6 is 0 Å². The van der Waals surface area contributed by atoms with E-state index in [0.29, 0.717) is 0 Å². The fourth-order valence-corrected chi connectivity index (χ4v) is 0.538. The van der Waals surface area contributed by atoms with Crippen molar-refractivity contribution in [2.45, 2.75) is 24.9 Å². The van der Waals surface area contributed by atoms with E-state index in [1.165, 1.54) is 0 Å². The Labute approximate surface area is 145 Å². The van der Waals surface area contributed by atoms with E-state index in [4.69, 9.17) is 21.7 Å². The molecule has 136 valence electrons. The van der Waals surface area contributed by atoms with Crippen LogP contribution in [-0.2, 0) is 19.2 Å². The van der Waals surface area contributed by atoms with E-state index in [-0.39, 0.29) is 45.0 Å². The molecule has 0 saturated heterocycles. The van der Waals surface area contributed by atoms with E-state index >= 15 is 0 Å². The van der Waals surface area contributed by atoms with Crippen LogP contribution in [0.2, 0.25) is 0 Å². The first-order valence-electron chi connectivity index (χ1n) is 4.44. The van der Waals surface area contributed by atoms with E-state index < -0.39 is 48.8 Å². The molecule has 23 heavy (non-hydrogen) atoms. The molecule has 0 rings (SSSR count). The van der Waals surface area contributed by atoms with Crippen molar-refractivity contribution < 1.29 is 61.5 Å². The Morgan fingerprint density at radius 2 is 1.17 bits per heavy atom. The van der Waals surface area contributed by atoms with Crippen LogP contribution in [-0.4, -0.2) is 91.1 Å². The molecule has 14 nitrogen and oxygen atoms in total. The van der Waals surface area contributed by atoms with Crippen molar-refractivity contribution in [1.82, 2.24) is 0 Å². The first-order chi connectivity index (χ1) is 8.07. The summed E-state index contributed by atoms with van der Waals surface area (Å²) in [5, 5.41) is 35.4. The summed E-state index contributed by atoms with van der Waals surface area (Å²) in [6.07, 6.45) is -1.24. The first kappa shape index (κ1) is 43.0. The molecule has 0 spiro atoms. The Bertz CT molecular complexity index is 307. The van der Waals surface area contributed by atoms with Gasteiger partial charge in [-0.2, -0.15) is 0 Å². The van der Waals surface area contributed by atoms with Crippen LogP contribution in [0, 0.1) is 0 Å². The molecule has 0 aromatic heterocycles. The van der Waals surface area contributed by atoms with Crippen LogP contribution in [0.1, 0.15) is 12.8 Å². The number of rotatable bonds is 6. The molecular weight excluding hydrogens is 340 g/mol. The van der Waals surface area contributed by atoms with Gasteiger partial charge in [0.2, 0.25) is 0 Å². The molecule has 0 aromatic carbocycles. The molecule has 0 saturated carbocycles. The summed E-state index contributed by atoms with van der Waals surface area (Å²) in [5.41, 5.74) is 9.57. The maximum absolute atomic E-state index is 9.85. The number of carboxylic acid groups (broad SMARTS) is 4. The van der Waals surface area contributed by atoms with Crippen molar-refractivity contribution in [2.75, 3.05) is 0 Å². The van der Waals surface area contributed by atoms with Gasteiger partial charge in [-0.05, 0) is 0 Å². The molecule has 15 heteroatoms.